The standard InChI is InChI=1S/C22H32O5/c1-6-10-17-15(21(23)25-8-3)13-16-19(26-17)14-11-9-12-18(24-7-2)20(14)27-22(16,4)5/h9,11-12,15-17,19H,6-8,10,13H2,1-5H3/t15-,16+,17+,19-/m0/s1. The molecule has 27 heavy (non-hydrogen) atoms. The minimum absolute atomic E-state index is 0.0735. The number of fused-ring (bicyclic) bond motifs is 3. The Morgan fingerprint density at radius 3 is 2.67 bits per heavy atom. The van der Waals surface area contributed by atoms with E-state index in [1.807, 2.05) is 26.0 Å². The molecule has 3 rings (SSSR count). The molecule has 0 radical (unpaired) electrons. The molecule has 1 aromatic carbocycles. The van der Waals surface area contributed by atoms with Crippen LogP contribution in [0.25, 0.3) is 0 Å². The van der Waals surface area contributed by atoms with E-state index in [1.54, 1.807) is 0 Å². The van der Waals surface area contributed by atoms with E-state index in [4.69, 9.17) is 18.9 Å². The smallest absolute Gasteiger partial charge is 0.311 e. The van der Waals surface area contributed by atoms with Gasteiger partial charge >= 0.3 is 5.97 Å². The Kier molecular flexibility index (Phi) is 5.99. The summed E-state index contributed by atoms with van der Waals surface area (Å²) in [5.41, 5.74) is 0.556. The van der Waals surface area contributed by atoms with Gasteiger partial charge in [0.25, 0.3) is 0 Å². The Balaban J connectivity index is 1.98. The molecule has 2 aliphatic heterocycles. The topological polar surface area (TPSA) is 54.0 Å². The minimum atomic E-state index is -0.465. The van der Waals surface area contributed by atoms with Crippen LogP contribution < -0.4 is 9.47 Å². The number of carbonyl (C=O) groups is 1. The fourth-order valence-electron chi connectivity index (χ4n) is 4.39. The number of ether oxygens (including phenoxy) is 4. The van der Waals surface area contributed by atoms with Crippen molar-refractivity contribution in [2.75, 3.05) is 13.2 Å². The molecule has 0 aliphatic carbocycles. The predicted octanol–water partition coefficient (Wildman–Crippen LogP) is 4.68. The third kappa shape index (κ3) is 3.79. The van der Waals surface area contributed by atoms with E-state index in [0.717, 1.165) is 29.9 Å². The summed E-state index contributed by atoms with van der Waals surface area (Å²) in [4.78, 5) is 12.6. The van der Waals surface area contributed by atoms with Gasteiger partial charge in [-0.15, -0.1) is 0 Å². The van der Waals surface area contributed by atoms with Gasteiger partial charge in [-0.3, -0.25) is 4.79 Å². The Labute approximate surface area is 162 Å². The summed E-state index contributed by atoms with van der Waals surface area (Å²) in [6, 6.07) is 5.98. The summed E-state index contributed by atoms with van der Waals surface area (Å²) in [7, 11) is 0. The molecule has 0 saturated carbocycles. The van der Waals surface area contributed by atoms with Gasteiger partial charge < -0.3 is 18.9 Å². The fraction of sp³-hybridized carbons (Fsp3) is 0.682. The lowest BCUT2D eigenvalue weighted by molar-refractivity contribution is -0.192. The van der Waals surface area contributed by atoms with Gasteiger partial charge in [0, 0.05) is 11.5 Å². The van der Waals surface area contributed by atoms with E-state index >= 15 is 0 Å². The van der Waals surface area contributed by atoms with Gasteiger partial charge in [-0.1, -0.05) is 25.5 Å². The van der Waals surface area contributed by atoms with Crippen LogP contribution in [0, 0.1) is 11.8 Å². The van der Waals surface area contributed by atoms with Crippen molar-refractivity contribution >= 4 is 5.97 Å². The first kappa shape index (κ1) is 20.0. The van der Waals surface area contributed by atoms with Crippen LogP contribution in [-0.2, 0) is 14.3 Å². The maximum Gasteiger partial charge on any atom is 0.311 e. The summed E-state index contributed by atoms with van der Waals surface area (Å²) in [5, 5.41) is 0. The summed E-state index contributed by atoms with van der Waals surface area (Å²) in [5.74, 6) is 1.20. The maximum absolute atomic E-state index is 12.6. The van der Waals surface area contributed by atoms with Gasteiger partial charge in [-0.25, -0.2) is 0 Å². The van der Waals surface area contributed by atoms with Gasteiger partial charge in [0.2, 0.25) is 0 Å². The molecule has 0 amide bonds. The molecule has 0 N–H and O–H groups in total. The lowest BCUT2D eigenvalue weighted by Gasteiger charge is -2.50. The first-order valence-corrected chi connectivity index (χ1v) is 10.2. The van der Waals surface area contributed by atoms with Crippen molar-refractivity contribution in [2.24, 2.45) is 11.8 Å². The number of hydrogen-bond donors (Lipinski definition) is 0. The molecule has 1 aromatic rings. The number of para-hydroxylation sites is 1. The van der Waals surface area contributed by atoms with Crippen LogP contribution >= 0.6 is 0 Å². The SMILES string of the molecule is CCC[C@H]1O[C@H]2c3cccc(OCC)c3OC(C)(C)[C@@H]2C[C@@H]1C(=O)OCC. The molecular weight excluding hydrogens is 344 g/mol. The van der Waals surface area contributed by atoms with Gasteiger partial charge in [0.15, 0.2) is 11.5 Å². The Morgan fingerprint density at radius 1 is 1.22 bits per heavy atom. The second-order valence-electron chi connectivity index (χ2n) is 7.90. The van der Waals surface area contributed by atoms with Crippen LogP contribution in [0.1, 0.15) is 65.5 Å². The zero-order valence-corrected chi connectivity index (χ0v) is 17.1. The van der Waals surface area contributed by atoms with Crippen LogP contribution in [0.2, 0.25) is 0 Å². The first-order chi connectivity index (χ1) is 12.9. The van der Waals surface area contributed by atoms with E-state index in [0.29, 0.717) is 19.6 Å². The Morgan fingerprint density at radius 2 is 2.00 bits per heavy atom. The monoisotopic (exact) mass is 376 g/mol. The van der Waals surface area contributed by atoms with Crippen LogP contribution in [0.15, 0.2) is 18.2 Å². The summed E-state index contributed by atoms with van der Waals surface area (Å²) >= 11 is 0. The van der Waals surface area contributed by atoms with Gasteiger partial charge in [-0.05, 0) is 46.6 Å². The summed E-state index contributed by atoms with van der Waals surface area (Å²) in [6.45, 7) is 11.0. The van der Waals surface area contributed by atoms with E-state index in [1.165, 1.54) is 0 Å². The fourth-order valence-corrected chi connectivity index (χ4v) is 4.39. The van der Waals surface area contributed by atoms with Crippen molar-refractivity contribution in [3.05, 3.63) is 23.8 Å². The lowest BCUT2D eigenvalue weighted by atomic mass is 9.71. The van der Waals surface area contributed by atoms with E-state index < -0.39 is 5.60 Å². The van der Waals surface area contributed by atoms with Crippen molar-refractivity contribution < 1.29 is 23.7 Å². The number of esters is 1. The van der Waals surface area contributed by atoms with Crippen LogP contribution in [0.3, 0.4) is 0 Å². The molecule has 1 fully saturated rings. The van der Waals surface area contributed by atoms with Crippen LogP contribution in [0.5, 0.6) is 11.5 Å². The average molecular weight is 376 g/mol. The van der Waals surface area contributed by atoms with Gasteiger partial charge in [-0.2, -0.15) is 0 Å². The Hall–Kier alpha value is -1.75. The zero-order chi connectivity index (χ0) is 19.6. The normalized spacial score (nSPS) is 28.5. The minimum Gasteiger partial charge on any atom is -0.490 e. The van der Waals surface area contributed by atoms with Gasteiger partial charge in [0.05, 0.1) is 31.3 Å². The summed E-state index contributed by atoms with van der Waals surface area (Å²) < 4.78 is 24.1. The third-order valence-corrected chi connectivity index (χ3v) is 5.68. The second-order valence-corrected chi connectivity index (χ2v) is 7.90. The highest BCUT2D eigenvalue weighted by Gasteiger charge is 2.52. The lowest BCUT2D eigenvalue weighted by Crippen LogP contribution is -2.52. The Bertz CT molecular complexity index is 669. The summed E-state index contributed by atoms with van der Waals surface area (Å²) in [6.07, 6.45) is 2.27. The molecule has 0 unspecified atom stereocenters. The highest BCUT2D eigenvalue weighted by molar-refractivity contribution is 5.73. The van der Waals surface area contributed by atoms with E-state index in [-0.39, 0.29) is 30.0 Å². The first-order valence-electron chi connectivity index (χ1n) is 10.2. The molecule has 0 aromatic heterocycles. The van der Waals surface area contributed by atoms with Crippen molar-refractivity contribution in [1.29, 1.82) is 0 Å². The molecule has 2 heterocycles. The number of benzene rings is 1. The highest BCUT2D eigenvalue weighted by Crippen LogP contribution is 2.54. The molecule has 4 atom stereocenters. The second kappa shape index (κ2) is 8.09. The molecule has 150 valence electrons. The van der Waals surface area contributed by atoms with Gasteiger partial charge in [0.1, 0.15) is 5.60 Å². The molecule has 1 saturated heterocycles. The van der Waals surface area contributed by atoms with Crippen molar-refractivity contribution in [3.8, 4) is 11.5 Å². The maximum atomic E-state index is 12.6. The number of rotatable bonds is 6. The van der Waals surface area contributed by atoms with Crippen molar-refractivity contribution in [2.45, 2.75) is 71.7 Å². The highest BCUT2D eigenvalue weighted by atomic mass is 16.6. The molecule has 2 aliphatic rings. The van der Waals surface area contributed by atoms with E-state index in [2.05, 4.69) is 26.8 Å². The zero-order valence-electron chi connectivity index (χ0n) is 17.1. The van der Waals surface area contributed by atoms with Crippen LogP contribution in [0.4, 0.5) is 0 Å². The number of hydrogen-bond acceptors (Lipinski definition) is 5. The third-order valence-electron chi connectivity index (χ3n) is 5.68. The molecule has 0 bridgehead atoms. The number of carbonyl (C=O) groups excluding carboxylic acids is 1. The van der Waals surface area contributed by atoms with Crippen LogP contribution in [-0.4, -0.2) is 30.9 Å². The van der Waals surface area contributed by atoms with E-state index in [9.17, 15) is 4.79 Å². The predicted molar refractivity (Wildman–Crippen MR) is 103 cm³/mol. The molecule has 5 nitrogen and oxygen atoms in total. The van der Waals surface area contributed by atoms with Crippen molar-refractivity contribution in [3.63, 3.8) is 0 Å². The molecular formula is C22H32O5. The average Bonchev–Trinajstić information content (AvgIpc) is 2.62. The van der Waals surface area contributed by atoms with Crippen molar-refractivity contribution in [1.82, 2.24) is 0 Å². The molecule has 5 heteroatoms. The quantitative estimate of drug-likeness (QED) is 0.675. The molecule has 0 spiro atoms. The largest absolute Gasteiger partial charge is 0.490 e.